The zero-order valence-corrected chi connectivity index (χ0v) is 17.9. The molecular weight excluding hydrogens is 386 g/mol. The molecule has 0 saturated carbocycles. The molecule has 29 heavy (non-hydrogen) atoms. The second kappa shape index (κ2) is 9.47. The van der Waals surface area contributed by atoms with Gasteiger partial charge in [-0.1, -0.05) is 23.9 Å². The lowest BCUT2D eigenvalue weighted by Crippen LogP contribution is -2.15. The van der Waals surface area contributed by atoms with Gasteiger partial charge < -0.3 is 19.5 Å². The van der Waals surface area contributed by atoms with E-state index in [9.17, 15) is 4.79 Å². The highest BCUT2D eigenvalue weighted by molar-refractivity contribution is 7.99. The Morgan fingerprint density at radius 2 is 1.86 bits per heavy atom. The van der Waals surface area contributed by atoms with E-state index in [1.54, 1.807) is 7.11 Å². The van der Waals surface area contributed by atoms with E-state index >= 15 is 0 Å². The average Bonchev–Trinajstić information content (AvgIpc) is 3.15. The average molecular weight is 412 g/mol. The summed E-state index contributed by atoms with van der Waals surface area (Å²) >= 11 is 1.36. The summed E-state index contributed by atoms with van der Waals surface area (Å²) in [5.41, 5.74) is 2.77. The van der Waals surface area contributed by atoms with E-state index in [1.165, 1.54) is 11.8 Å². The molecule has 1 N–H and O–H groups in total. The Morgan fingerprint density at radius 1 is 1.14 bits per heavy atom. The largest absolute Gasteiger partial charge is 0.495 e. The molecule has 0 fully saturated rings. The summed E-state index contributed by atoms with van der Waals surface area (Å²) in [5, 5.41) is 12.2. The number of carbonyl (C=O) groups is 1. The fourth-order valence-corrected chi connectivity index (χ4v) is 3.67. The second-order valence-corrected chi connectivity index (χ2v) is 7.47. The first-order valence-electron chi connectivity index (χ1n) is 9.30. The molecule has 0 aliphatic rings. The zero-order chi connectivity index (χ0) is 20.8. The van der Waals surface area contributed by atoms with E-state index in [0.29, 0.717) is 18.0 Å². The van der Waals surface area contributed by atoms with E-state index in [-0.39, 0.29) is 11.7 Å². The minimum absolute atomic E-state index is 0.123. The number of ether oxygens (including phenoxy) is 1. The molecule has 152 valence electrons. The van der Waals surface area contributed by atoms with Gasteiger partial charge in [0.25, 0.3) is 0 Å². The normalized spacial score (nSPS) is 10.6. The summed E-state index contributed by atoms with van der Waals surface area (Å²) in [6.45, 7) is 2.76. The molecule has 0 aliphatic carbocycles. The molecular formula is C21H25N5O2S. The predicted molar refractivity (Wildman–Crippen MR) is 118 cm³/mol. The van der Waals surface area contributed by atoms with Crippen molar-refractivity contribution in [3.8, 4) is 17.1 Å². The number of nitrogens with zero attached hydrogens (tertiary/aromatic N) is 4. The van der Waals surface area contributed by atoms with Crippen LogP contribution < -0.4 is 15.0 Å². The lowest BCUT2D eigenvalue weighted by molar-refractivity contribution is -0.113. The molecule has 0 unspecified atom stereocenters. The quantitative estimate of drug-likeness (QED) is 0.569. The molecule has 0 aliphatic heterocycles. The number of anilines is 2. The maximum Gasteiger partial charge on any atom is 0.234 e. The van der Waals surface area contributed by atoms with Crippen molar-refractivity contribution < 1.29 is 9.53 Å². The number of benzene rings is 2. The van der Waals surface area contributed by atoms with Gasteiger partial charge in [0.05, 0.1) is 18.6 Å². The molecule has 1 amide bonds. The summed E-state index contributed by atoms with van der Waals surface area (Å²) in [6, 6.07) is 15.5. The van der Waals surface area contributed by atoms with Gasteiger partial charge in [-0.2, -0.15) is 0 Å². The molecule has 2 aromatic carbocycles. The van der Waals surface area contributed by atoms with Crippen molar-refractivity contribution in [2.75, 3.05) is 37.2 Å². The van der Waals surface area contributed by atoms with Gasteiger partial charge in [0.2, 0.25) is 5.91 Å². The molecule has 8 heteroatoms. The third-order valence-corrected chi connectivity index (χ3v) is 5.36. The van der Waals surface area contributed by atoms with Gasteiger partial charge in [-0.25, -0.2) is 0 Å². The fraction of sp³-hybridized carbons (Fsp3) is 0.286. The minimum Gasteiger partial charge on any atom is -0.495 e. The van der Waals surface area contributed by atoms with Crippen LogP contribution in [-0.2, 0) is 11.3 Å². The monoisotopic (exact) mass is 411 g/mol. The van der Waals surface area contributed by atoms with Crippen LogP contribution in [0.1, 0.15) is 6.92 Å². The number of methoxy groups -OCH3 is 1. The Kier molecular flexibility index (Phi) is 6.77. The molecule has 0 atom stereocenters. The highest BCUT2D eigenvalue weighted by Crippen LogP contribution is 2.27. The van der Waals surface area contributed by atoms with Crippen molar-refractivity contribution in [2.24, 2.45) is 0 Å². The topological polar surface area (TPSA) is 72.3 Å². The van der Waals surface area contributed by atoms with Crippen LogP contribution in [-0.4, -0.2) is 47.6 Å². The molecule has 1 heterocycles. The molecule has 3 aromatic rings. The Bertz CT molecular complexity index is 969. The number of rotatable bonds is 8. The number of thioether (sulfide) groups is 1. The highest BCUT2D eigenvalue weighted by Gasteiger charge is 2.15. The van der Waals surface area contributed by atoms with Crippen LogP contribution in [0.25, 0.3) is 11.4 Å². The van der Waals surface area contributed by atoms with Gasteiger partial charge in [-0.15, -0.1) is 10.2 Å². The van der Waals surface area contributed by atoms with E-state index in [2.05, 4.69) is 32.5 Å². The second-order valence-electron chi connectivity index (χ2n) is 6.53. The van der Waals surface area contributed by atoms with Gasteiger partial charge in [-0.05, 0) is 43.3 Å². The van der Waals surface area contributed by atoms with E-state index in [0.717, 1.165) is 22.2 Å². The van der Waals surface area contributed by atoms with Crippen molar-refractivity contribution in [1.29, 1.82) is 0 Å². The molecule has 0 bridgehead atoms. The van der Waals surface area contributed by atoms with Crippen LogP contribution in [0.3, 0.4) is 0 Å². The van der Waals surface area contributed by atoms with Crippen molar-refractivity contribution in [1.82, 2.24) is 14.8 Å². The predicted octanol–water partition coefficient (Wildman–Crippen LogP) is 3.77. The van der Waals surface area contributed by atoms with Gasteiger partial charge >= 0.3 is 0 Å². The molecule has 1 aromatic heterocycles. The van der Waals surface area contributed by atoms with E-state index < -0.39 is 0 Å². The number of nitrogens with one attached hydrogen (secondary N) is 1. The van der Waals surface area contributed by atoms with Crippen LogP contribution >= 0.6 is 11.8 Å². The number of hydrogen-bond acceptors (Lipinski definition) is 6. The first-order valence-corrected chi connectivity index (χ1v) is 10.3. The van der Waals surface area contributed by atoms with Crippen molar-refractivity contribution in [2.45, 2.75) is 18.6 Å². The van der Waals surface area contributed by atoms with Gasteiger partial charge in [0.1, 0.15) is 5.75 Å². The van der Waals surface area contributed by atoms with Crippen molar-refractivity contribution in [3.63, 3.8) is 0 Å². The third kappa shape index (κ3) is 4.89. The fourth-order valence-electron chi connectivity index (χ4n) is 2.87. The van der Waals surface area contributed by atoms with Crippen molar-refractivity contribution in [3.05, 3.63) is 48.5 Å². The van der Waals surface area contributed by atoms with Crippen LogP contribution in [0.2, 0.25) is 0 Å². The van der Waals surface area contributed by atoms with Crippen LogP contribution in [0.4, 0.5) is 11.4 Å². The summed E-state index contributed by atoms with van der Waals surface area (Å²) in [6.07, 6.45) is 0. The van der Waals surface area contributed by atoms with Crippen LogP contribution in [0.15, 0.2) is 53.7 Å². The zero-order valence-electron chi connectivity index (χ0n) is 17.0. The molecule has 0 saturated heterocycles. The summed E-state index contributed by atoms with van der Waals surface area (Å²) < 4.78 is 7.29. The highest BCUT2D eigenvalue weighted by atomic mass is 32.2. The van der Waals surface area contributed by atoms with Gasteiger partial charge in [-0.3, -0.25) is 4.79 Å². The molecule has 7 nitrogen and oxygen atoms in total. The maximum absolute atomic E-state index is 12.4. The SMILES string of the molecule is CCn1c(SCC(=O)Nc2ccccc2OC)nnc1-c1ccc(N(C)C)cc1. The van der Waals surface area contributed by atoms with Crippen molar-refractivity contribution >= 4 is 29.0 Å². The van der Waals surface area contributed by atoms with E-state index in [1.807, 2.05) is 62.0 Å². The number of carbonyl (C=O) groups excluding carboxylic acids is 1. The number of amides is 1. The first kappa shape index (κ1) is 20.7. The maximum atomic E-state index is 12.4. The number of hydrogen-bond donors (Lipinski definition) is 1. The van der Waals surface area contributed by atoms with E-state index in [4.69, 9.17) is 4.74 Å². The number of para-hydroxylation sites is 2. The summed E-state index contributed by atoms with van der Waals surface area (Å²) in [4.78, 5) is 14.4. The Labute approximate surface area is 175 Å². The van der Waals surface area contributed by atoms with Crippen LogP contribution in [0, 0.1) is 0 Å². The molecule has 3 rings (SSSR count). The minimum atomic E-state index is -0.123. The van der Waals surface area contributed by atoms with Gasteiger partial charge in [0, 0.05) is 31.9 Å². The molecule has 0 spiro atoms. The lowest BCUT2D eigenvalue weighted by atomic mass is 10.2. The summed E-state index contributed by atoms with van der Waals surface area (Å²) in [5.74, 6) is 1.54. The Morgan fingerprint density at radius 3 is 2.52 bits per heavy atom. The lowest BCUT2D eigenvalue weighted by Gasteiger charge is -2.13. The standard InChI is InChI=1S/C21H25N5O2S/c1-5-26-20(15-10-12-16(13-11-15)25(2)3)23-24-21(26)29-14-19(27)22-17-8-6-7-9-18(17)28-4/h6-13H,5,14H2,1-4H3,(H,22,27). The first-order chi connectivity index (χ1) is 14.0. The number of aromatic nitrogens is 3. The Hall–Kier alpha value is -3.00. The Balaban J connectivity index is 1.69. The van der Waals surface area contributed by atoms with Crippen LogP contribution in [0.5, 0.6) is 5.75 Å². The summed E-state index contributed by atoms with van der Waals surface area (Å²) in [7, 11) is 5.60. The smallest absolute Gasteiger partial charge is 0.234 e. The molecule has 0 radical (unpaired) electrons. The van der Waals surface area contributed by atoms with Gasteiger partial charge in [0.15, 0.2) is 11.0 Å². The third-order valence-electron chi connectivity index (χ3n) is 4.39.